The SMILES string of the molecule is CN(C)[C@@H](CNC(=O)CCCc1ccccc1)c1cccc(F)c1. The first kappa shape index (κ1) is 18.1. The third-order valence-corrected chi connectivity index (χ3v) is 4.06. The molecule has 0 aliphatic rings. The van der Waals surface area contributed by atoms with E-state index in [1.54, 1.807) is 6.07 Å². The average Bonchev–Trinajstić information content (AvgIpc) is 2.56. The van der Waals surface area contributed by atoms with E-state index in [4.69, 9.17) is 0 Å². The lowest BCUT2D eigenvalue weighted by Crippen LogP contribution is -2.34. The maximum atomic E-state index is 13.4. The topological polar surface area (TPSA) is 32.3 Å². The molecule has 2 rings (SSSR count). The number of rotatable bonds is 8. The third kappa shape index (κ3) is 5.78. The number of hydrogen-bond donors (Lipinski definition) is 1. The standard InChI is InChI=1S/C20H25FN2O/c1-23(2)19(17-11-7-12-18(21)14-17)15-22-20(24)13-6-10-16-8-4-3-5-9-16/h3-5,7-9,11-12,14,19H,6,10,13,15H2,1-2H3,(H,22,24)/t19-/m0/s1. The fraction of sp³-hybridized carbons (Fsp3) is 0.350. The van der Waals surface area contributed by atoms with Crippen LogP contribution < -0.4 is 5.32 Å². The van der Waals surface area contributed by atoms with Crippen molar-refractivity contribution < 1.29 is 9.18 Å². The smallest absolute Gasteiger partial charge is 0.220 e. The minimum atomic E-state index is -0.256. The number of carbonyl (C=O) groups excluding carboxylic acids is 1. The highest BCUT2D eigenvalue weighted by atomic mass is 19.1. The minimum absolute atomic E-state index is 0.0363. The van der Waals surface area contributed by atoms with Crippen LogP contribution in [0, 0.1) is 5.82 Å². The molecule has 0 unspecified atom stereocenters. The number of benzene rings is 2. The molecule has 0 bridgehead atoms. The Kier molecular flexibility index (Phi) is 6.94. The molecule has 128 valence electrons. The highest BCUT2D eigenvalue weighted by molar-refractivity contribution is 5.75. The van der Waals surface area contributed by atoms with Crippen molar-refractivity contribution in [2.75, 3.05) is 20.6 Å². The average molecular weight is 328 g/mol. The highest BCUT2D eigenvalue weighted by Crippen LogP contribution is 2.18. The summed E-state index contributed by atoms with van der Waals surface area (Å²) >= 11 is 0. The zero-order chi connectivity index (χ0) is 17.4. The minimum Gasteiger partial charge on any atom is -0.354 e. The first-order valence-corrected chi connectivity index (χ1v) is 8.29. The molecule has 0 fully saturated rings. The fourth-order valence-corrected chi connectivity index (χ4v) is 2.71. The van der Waals surface area contributed by atoms with Crippen LogP contribution in [0.2, 0.25) is 0 Å². The molecular formula is C20H25FN2O. The van der Waals surface area contributed by atoms with E-state index in [9.17, 15) is 9.18 Å². The van der Waals surface area contributed by atoms with Crippen LogP contribution in [0.5, 0.6) is 0 Å². The lowest BCUT2D eigenvalue weighted by molar-refractivity contribution is -0.121. The Morgan fingerprint density at radius 2 is 1.88 bits per heavy atom. The fourth-order valence-electron chi connectivity index (χ4n) is 2.71. The predicted octanol–water partition coefficient (Wildman–Crippen LogP) is 3.57. The Morgan fingerprint density at radius 1 is 1.12 bits per heavy atom. The largest absolute Gasteiger partial charge is 0.354 e. The third-order valence-electron chi connectivity index (χ3n) is 4.06. The summed E-state index contributed by atoms with van der Waals surface area (Å²) < 4.78 is 13.4. The molecule has 2 aromatic carbocycles. The van der Waals surface area contributed by atoms with Gasteiger partial charge in [0.1, 0.15) is 5.82 Å². The van der Waals surface area contributed by atoms with E-state index in [1.165, 1.54) is 17.7 Å². The monoisotopic (exact) mass is 328 g/mol. The summed E-state index contributed by atoms with van der Waals surface area (Å²) in [5.74, 6) is -0.220. The van der Waals surface area contributed by atoms with Gasteiger partial charge >= 0.3 is 0 Å². The second kappa shape index (κ2) is 9.18. The van der Waals surface area contributed by atoms with Crippen molar-refractivity contribution >= 4 is 5.91 Å². The van der Waals surface area contributed by atoms with Gasteiger partial charge in [-0.1, -0.05) is 42.5 Å². The van der Waals surface area contributed by atoms with Gasteiger partial charge in [0.15, 0.2) is 0 Å². The van der Waals surface area contributed by atoms with E-state index in [1.807, 2.05) is 43.3 Å². The van der Waals surface area contributed by atoms with Gasteiger partial charge in [-0.3, -0.25) is 4.79 Å². The first-order chi connectivity index (χ1) is 11.6. The number of carbonyl (C=O) groups is 1. The molecule has 1 atom stereocenters. The van der Waals surface area contributed by atoms with E-state index in [2.05, 4.69) is 17.4 Å². The van der Waals surface area contributed by atoms with Gasteiger partial charge < -0.3 is 10.2 Å². The van der Waals surface area contributed by atoms with Crippen LogP contribution in [0.15, 0.2) is 54.6 Å². The van der Waals surface area contributed by atoms with E-state index < -0.39 is 0 Å². The lowest BCUT2D eigenvalue weighted by atomic mass is 10.1. The Morgan fingerprint density at radius 3 is 2.54 bits per heavy atom. The maximum absolute atomic E-state index is 13.4. The Bertz CT molecular complexity index is 643. The van der Waals surface area contributed by atoms with Gasteiger partial charge in [-0.15, -0.1) is 0 Å². The number of amides is 1. The summed E-state index contributed by atoms with van der Waals surface area (Å²) in [4.78, 5) is 14.0. The predicted molar refractivity (Wildman–Crippen MR) is 95.2 cm³/mol. The zero-order valence-electron chi connectivity index (χ0n) is 14.3. The molecule has 1 N–H and O–H groups in total. The van der Waals surface area contributed by atoms with Gasteiger partial charge in [-0.05, 0) is 50.2 Å². The molecular weight excluding hydrogens is 303 g/mol. The van der Waals surface area contributed by atoms with Crippen LogP contribution in [0.4, 0.5) is 4.39 Å². The molecule has 4 heteroatoms. The normalized spacial score (nSPS) is 12.2. The van der Waals surface area contributed by atoms with Gasteiger partial charge in [-0.25, -0.2) is 4.39 Å². The summed E-state index contributed by atoms with van der Waals surface area (Å²) in [6.45, 7) is 0.473. The van der Waals surface area contributed by atoms with Gasteiger partial charge in [-0.2, -0.15) is 0 Å². The molecule has 3 nitrogen and oxygen atoms in total. The number of nitrogens with one attached hydrogen (secondary N) is 1. The maximum Gasteiger partial charge on any atom is 0.220 e. The summed E-state index contributed by atoms with van der Waals surface area (Å²) in [5.41, 5.74) is 2.11. The molecule has 0 aliphatic carbocycles. The molecule has 0 aromatic heterocycles. The Balaban J connectivity index is 1.80. The Hall–Kier alpha value is -2.20. The summed E-state index contributed by atoms with van der Waals surface area (Å²) in [6.07, 6.45) is 2.22. The van der Waals surface area contributed by atoms with Crippen LogP contribution in [-0.2, 0) is 11.2 Å². The summed E-state index contributed by atoms with van der Waals surface area (Å²) in [6, 6.07) is 16.6. The van der Waals surface area contributed by atoms with Crippen molar-refractivity contribution in [1.29, 1.82) is 0 Å². The van der Waals surface area contributed by atoms with Gasteiger partial charge in [0.25, 0.3) is 0 Å². The number of nitrogens with zero attached hydrogens (tertiary/aromatic N) is 1. The highest BCUT2D eigenvalue weighted by Gasteiger charge is 2.15. The number of likely N-dealkylation sites (N-methyl/N-ethyl adjacent to an activating group) is 1. The van der Waals surface area contributed by atoms with E-state index in [-0.39, 0.29) is 17.8 Å². The van der Waals surface area contributed by atoms with Crippen LogP contribution in [0.1, 0.15) is 30.0 Å². The molecule has 0 saturated heterocycles. The van der Waals surface area contributed by atoms with Crippen molar-refractivity contribution in [1.82, 2.24) is 10.2 Å². The molecule has 0 radical (unpaired) electrons. The summed E-state index contributed by atoms with van der Waals surface area (Å²) in [5, 5.41) is 2.97. The Labute approximate surface area is 143 Å². The molecule has 1 amide bonds. The van der Waals surface area contributed by atoms with Gasteiger partial charge in [0, 0.05) is 13.0 Å². The number of aryl methyl sites for hydroxylation is 1. The second-order valence-electron chi connectivity index (χ2n) is 6.18. The molecule has 0 spiro atoms. The summed E-state index contributed by atoms with van der Waals surface area (Å²) in [7, 11) is 3.86. The van der Waals surface area contributed by atoms with E-state index in [0.717, 1.165) is 18.4 Å². The van der Waals surface area contributed by atoms with Gasteiger partial charge in [0.05, 0.1) is 6.04 Å². The van der Waals surface area contributed by atoms with Crippen LogP contribution >= 0.6 is 0 Å². The van der Waals surface area contributed by atoms with E-state index >= 15 is 0 Å². The molecule has 0 aliphatic heterocycles. The first-order valence-electron chi connectivity index (χ1n) is 8.29. The second-order valence-corrected chi connectivity index (χ2v) is 6.18. The number of hydrogen-bond acceptors (Lipinski definition) is 2. The molecule has 2 aromatic rings. The quantitative estimate of drug-likeness (QED) is 0.803. The van der Waals surface area contributed by atoms with Crippen molar-refractivity contribution in [2.45, 2.75) is 25.3 Å². The van der Waals surface area contributed by atoms with Crippen molar-refractivity contribution in [3.05, 3.63) is 71.5 Å². The molecule has 0 saturated carbocycles. The van der Waals surface area contributed by atoms with Gasteiger partial charge in [0.2, 0.25) is 5.91 Å². The lowest BCUT2D eigenvalue weighted by Gasteiger charge is -2.25. The van der Waals surface area contributed by atoms with Crippen LogP contribution in [-0.4, -0.2) is 31.4 Å². The number of halogens is 1. The van der Waals surface area contributed by atoms with Crippen LogP contribution in [0.3, 0.4) is 0 Å². The zero-order valence-corrected chi connectivity index (χ0v) is 14.3. The van der Waals surface area contributed by atoms with Crippen molar-refractivity contribution in [3.63, 3.8) is 0 Å². The van der Waals surface area contributed by atoms with Crippen molar-refractivity contribution in [3.8, 4) is 0 Å². The molecule has 0 heterocycles. The molecule has 24 heavy (non-hydrogen) atoms. The van der Waals surface area contributed by atoms with Crippen LogP contribution in [0.25, 0.3) is 0 Å². The van der Waals surface area contributed by atoms with Crippen molar-refractivity contribution in [2.24, 2.45) is 0 Å². The van der Waals surface area contributed by atoms with E-state index in [0.29, 0.717) is 13.0 Å².